The van der Waals surface area contributed by atoms with Gasteiger partial charge in [-0.2, -0.15) is 0 Å². The van der Waals surface area contributed by atoms with Gasteiger partial charge in [0.05, 0.1) is 12.5 Å². The van der Waals surface area contributed by atoms with Crippen molar-refractivity contribution in [2.75, 3.05) is 0 Å². The van der Waals surface area contributed by atoms with Crippen LogP contribution in [0.3, 0.4) is 0 Å². The van der Waals surface area contributed by atoms with Gasteiger partial charge in [0.2, 0.25) is 0 Å². The number of furan rings is 1. The molecule has 0 N–H and O–H groups in total. The fraction of sp³-hybridized carbons (Fsp3) is 0.0909. The predicted octanol–water partition coefficient (Wildman–Crippen LogP) is 3.85. The molecule has 2 aromatic rings. The molecule has 0 radical (unpaired) electrons. The molecule has 0 spiro atoms. The molecular weight excluding hydrogens is 221 g/mol. The summed E-state index contributed by atoms with van der Waals surface area (Å²) in [4.78, 5) is 0. The lowest BCUT2D eigenvalue weighted by Crippen LogP contribution is -2.16. The monoisotopic (exact) mass is 228 g/mol. The van der Waals surface area contributed by atoms with E-state index in [4.69, 9.17) is 4.42 Å². The zero-order valence-corrected chi connectivity index (χ0v) is 7.99. The highest BCUT2D eigenvalue weighted by atomic mass is 19.4. The molecule has 84 valence electrons. The van der Waals surface area contributed by atoms with Crippen molar-refractivity contribution in [2.45, 2.75) is 6.36 Å². The van der Waals surface area contributed by atoms with Crippen molar-refractivity contribution < 1.29 is 22.3 Å². The van der Waals surface area contributed by atoms with E-state index >= 15 is 0 Å². The molecule has 0 unspecified atom stereocenters. The SMILES string of the molecule is FC(F)(F)Oc1ccc(-c2ccoc2)cc1. The van der Waals surface area contributed by atoms with Gasteiger partial charge in [-0.15, -0.1) is 13.2 Å². The number of ether oxygens (including phenoxy) is 1. The van der Waals surface area contributed by atoms with Crippen LogP contribution in [-0.4, -0.2) is 6.36 Å². The van der Waals surface area contributed by atoms with E-state index in [0.29, 0.717) is 0 Å². The van der Waals surface area contributed by atoms with E-state index in [1.807, 2.05) is 0 Å². The third-order valence-electron chi connectivity index (χ3n) is 1.94. The molecule has 0 aliphatic heterocycles. The van der Waals surface area contributed by atoms with Crippen molar-refractivity contribution in [3.63, 3.8) is 0 Å². The van der Waals surface area contributed by atoms with Crippen LogP contribution in [0.1, 0.15) is 0 Å². The van der Waals surface area contributed by atoms with Crippen LogP contribution in [0.25, 0.3) is 11.1 Å². The Balaban J connectivity index is 2.17. The second-order valence-corrected chi connectivity index (χ2v) is 3.08. The van der Waals surface area contributed by atoms with Crippen molar-refractivity contribution in [1.82, 2.24) is 0 Å². The minimum Gasteiger partial charge on any atom is -0.472 e. The molecule has 0 bridgehead atoms. The van der Waals surface area contributed by atoms with Gasteiger partial charge in [-0.25, -0.2) is 0 Å². The second-order valence-electron chi connectivity index (χ2n) is 3.08. The zero-order chi connectivity index (χ0) is 11.6. The molecule has 1 aromatic heterocycles. The van der Waals surface area contributed by atoms with E-state index in [-0.39, 0.29) is 5.75 Å². The summed E-state index contributed by atoms with van der Waals surface area (Å²) in [6.07, 6.45) is -1.65. The first-order chi connectivity index (χ1) is 7.54. The van der Waals surface area contributed by atoms with Crippen LogP contribution < -0.4 is 4.74 Å². The van der Waals surface area contributed by atoms with Gasteiger partial charge in [0, 0.05) is 5.56 Å². The van der Waals surface area contributed by atoms with Gasteiger partial charge in [-0.05, 0) is 23.8 Å². The topological polar surface area (TPSA) is 22.4 Å². The fourth-order valence-electron chi connectivity index (χ4n) is 1.28. The minimum absolute atomic E-state index is 0.236. The lowest BCUT2D eigenvalue weighted by Gasteiger charge is -2.08. The quantitative estimate of drug-likeness (QED) is 0.779. The van der Waals surface area contributed by atoms with E-state index in [2.05, 4.69) is 4.74 Å². The first-order valence-corrected chi connectivity index (χ1v) is 4.43. The molecule has 5 heteroatoms. The standard InChI is InChI=1S/C11H7F3O2/c12-11(13,14)16-10-3-1-8(2-4-10)9-5-6-15-7-9/h1-7H. The molecular formula is C11H7F3O2. The predicted molar refractivity (Wildman–Crippen MR) is 50.8 cm³/mol. The number of hydrogen-bond donors (Lipinski definition) is 0. The van der Waals surface area contributed by atoms with Crippen molar-refractivity contribution in [3.8, 4) is 16.9 Å². The Bertz CT molecular complexity index is 443. The van der Waals surface area contributed by atoms with Gasteiger partial charge >= 0.3 is 6.36 Å². The van der Waals surface area contributed by atoms with Crippen LogP contribution in [0.15, 0.2) is 47.3 Å². The first kappa shape index (κ1) is 10.6. The van der Waals surface area contributed by atoms with Gasteiger partial charge < -0.3 is 9.15 Å². The Kier molecular flexibility index (Phi) is 2.60. The van der Waals surface area contributed by atoms with Gasteiger partial charge in [0.1, 0.15) is 5.75 Å². The van der Waals surface area contributed by atoms with Crippen molar-refractivity contribution in [3.05, 3.63) is 42.9 Å². The third kappa shape index (κ3) is 2.56. The smallest absolute Gasteiger partial charge is 0.472 e. The Morgan fingerprint density at radius 2 is 1.62 bits per heavy atom. The van der Waals surface area contributed by atoms with Crippen molar-refractivity contribution in [1.29, 1.82) is 0 Å². The summed E-state index contributed by atoms with van der Waals surface area (Å²) in [7, 11) is 0. The lowest BCUT2D eigenvalue weighted by atomic mass is 10.1. The lowest BCUT2D eigenvalue weighted by molar-refractivity contribution is -0.274. The Hall–Kier alpha value is -1.91. The molecule has 0 aliphatic carbocycles. The number of alkyl halides is 3. The molecule has 16 heavy (non-hydrogen) atoms. The molecule has 1 heterocycles. The normalized spacial score (nSPS) is 11.4. The second kappa shape index (κ2) is 3.92. The van der Waals surface area contributed by atoms with Gasteiger partial charge in [-0.3, -0.25) is 0 Å². The Morgan fingerprint density at radius 3 is 2.12 bits per heavy atom. The first-order valence-electron chi connectivity index (χ1n) is 4.43. The summed E-state index contributed by atoms with van der Waals surface area (Å²) in [6.45, 7) is 0. The molecule has 2 rings (SSSR count). The van der Waals surface area contributed by atoms with Crippen LogP contribution in [0.4, 0.5) is 13.2 Å². The van der Waals surface area contributed by atoms with Crippen molar-refractivity contribution in [2.24, 2.45) is 0 Å². The van der Waals surface area contributed by atoms with Crippen LogP contribution in [0.5, 0.6) is 5.75 Å². The van der Waals surface area contributed by atoms with Crippen LogP contribution in [0.2, 0.25) is 0 Å². The number of hydrogen-bond acceptors (Lipinski definition) is 2. The zero-order valence-electron chi connectivity index (χ0n) is 7.99. The molecule has 2 nitrogen and oxygen atoms in total. The van der Waals surface area contributed by atoms with Crippen LogP contribution in [-0.2, 0) is 0 Å². The van der Waals surface area contributed by atoms with Gasteiger partial charge in [0.15, 0.2) is 0 Å². The van der Waals surface area contributed by atoms with Gasteiger partial charge in [-0.1, -0.05) is 12.1 Å². The maximum Gasteiger partial charge on any atom is 0.573 e. The van der Waals surface area contributed by atoms with E-state index < -0.39 is 6.36 Å². The number of rotatable bonds is 2. The molecule has 0 fully saturated rings. The molecule has 0 saturated heterocycles. The number of halogens is 3. The average Bonchev–Trinajstić information content (AvgIpc) is 2.69. The Morgan fingerprint density at radius 1 is 0.938 bits per heavy atom. The van der Waals surface area contributed by atoms with E-state index in [1.54, 1.807) is 6.07 Å². The summed E-state index contributed by atoms with van der Waals surface area (Å²) in [5, 5.41) is 0. The maximum absolute atomic E-state index is 11.9. The largest absolute Gasteiger partial charge is 0.573 e. The van der Waals surface area contributed by atoms with Crippen molar-refractivity contribution >= 4 is 0 Å². The highest BCUT2D eigenvalue weighted by Crippen LogP contribution is 2.26. The van der Waals surface area contributed by atoms with Crippen LogP contribution in [0, 0.1) is 0 Å². The summed E-state index contributed by atoms with van der Waals surface area (Å²) in [5.41, 5.74) is 1.57. The molecule has 0 saturated carbocycles. The highest BCUT2D eigenvalue weighted by Gasteiger charge is 2.30. The summed E-state index contributed by atoms with van der Waals surface area (Å²) in [6, 6.07) is 7.31. The Labute approximate surface area is 89.3 Å². The fourth-order valence-corrected chi connectivity index (χ4v) is 1.28. The third-order valence-corrected chi connectivity index (χ3v) is 1.94. The molecule has 1 aromatic carbocycles. The summed E-state index contributed by atoms with van der Waals surface area (Å²) in [5.74, 6) is -0.236. The minimum atomic E-state index is -4.66. The van der Waals surface area contributed by atoms with Crippen LogP contribution >= 0.6 is 0 Å². The van der Waals surface area contributed by atoms with Gasteiger partial charge in [0.25, 0.3) is 0 Å². The van der Waals surface area contributed by atoms with E-state index in [1.165, 1.54) is 36.8 Å². The van der Waals surface area contributed by atoms with E-state index in [9.17, 15) is 13.2 Å². The molecule has 0 amide bonds. The maximum atomic E-state index is 11.9. The summed E-state index contributed by atoms with van der Waals surface area (Å²) >= 11 is 0. The number of benzene rings is 1. The average molecular weight is 228 g/mol. The summed E-state index contributed by atoms with van der Waals surface area (Å²) < 4.78 is 44.3. The molecule has 0 atom stereocenters. The van der Waals surface area contributed by atoms with E-state index in [0.717, 1.165) is 11.1 Å². The molecule has 0 aliphatic rings. The highest BCUT2D eigenvalue weighted by molar-refractivity contribution is 5.62.